The van der Waals surface area contributed by atoms with Crippen molar-refractivity contribution in [3.8, 4) is 11.1 Å². The van der Waals surface area contributed by atoms with Crippen LogP contribution < -0.4 is 5.32 Å². The molecule has 4 aromatic rings. The summed E-state index contributed by atoms with van der Waals surface area (Å²) in [5.74, 6) is 0. The molecule has 0 radical (unpaired) electrons. The zero-order valence-corrected chi connectivity index (χ0v) is 16.8. The molecular weight excluding hydrogens is 356 g/mol. The van der Waals surface area contributed by atoms with Crippen molar-refractivity contribution in [2.75, 3.05) is 13.2 Å². The number of aryl methyl sites for hydroxylation is 1. The molecule has 1 aliphatic rings. The SMILES string of the molecule is Cc1cc(-c2ccc3ccccc3c2)c2cc(CNC3CCOCC3)ccc2n1. The van der Waals surface area contributed by atoms with E-state index in [4.69, 9.17) is 9.72 Å². The van der Waals surface area contributed by atoms with E-state index < -0.39 is 0 Å². The van der Waals surface area contributed by atoms with E-state index in [9.17, 15) is 0 Å². The van der Waals surface area contributed by atoms with Crippen molar-refractivity contribution in [1.82, 2.24) is 10.3 Å². The Bertz CT molecular complexity index is 1160. The van der Waals surface area contributed by atoms with Crippen molar-refractivity contribution in [3.63, 3.8) is 0 Å². The summed E-state index contributed by atoms with van der Waals surface area (Å²) in [5, 5.41) is 7.46. The zero-order chi connectivity index (χ0) is 19.6. The Morgan fingerprint density at radius 1 is 0.931 bits per heavy atom. The molecule has 1 fully saturated rings. The smallest absolute Gasteiger partial charge is 0.0711 e. The van der Waals surface area contributed by atoms with E-state index in [2.05, 4.69) is 79.0 Å². The lowest BCUT2D eigenvalue weighted by molar-refractivity contribution is 0.0776. The van der Waals surface area contributed by atoms with Gasteiger partial charge in [0.25, 0.3) is 0 Å². The molecule has 5 rings (SSSR count). The summed E-state index contributed by atoms with van der Waals surface area (Å²) < 4.78 is 5.47. The highest BCUT2D eigenvalue weighted by atomic mass is 16.5. The number of ether oxygens (including phenoxy) is 1. The van der Waals surface area contributed by atoms with Crippen molar-refractivity contribution in [2.24, 2.45) is 0 Å². The monoisotopic (exact) mass is 382 g/mol. The van der Waals surface area contributed by atoms with Gasteiger partial charge in [-0.3, -0.25) is 4.98 Å². The Labute approximate surface area is 171 Å². The maximum Gasteiger partial charge on any atom is 0.0711 e. The van der Waals surface area contributed by atoms with E-state index in [0.717, 1.165) is 43.8 Å². The first-order valence-electron chi connectivity index (χ1n) is 10.5. The Morgan fingerprint density at radius 3 is 2.62 bits per heavy atom. The summed E-state index contributed by atoms with van der Waals surface area (Å²) in [6, 6.07) is 24.7. The van der Waals surface area contributed by atoms with Crippen LogP contribution in [0.1, 0.15) is 24.1 Å². The third kappa shape index (κ3) is 3.89. The van der Waals surface area contributed by atoms with Crippen LogP contribution in [0.4, 0.5) is 0 Å². The number of rotatable bonds is 4. The van der Waals surface area contributed by atoms with Crippen LogP contribution in [-0.2, 0) is 11.3 Å². The summed E-state index contributed by atoms with van der Waals surface area (Å²) in [5.41, 5.74) is 5.91. The molecule has 0 spiro atoms. The van der Waals surface area contributed by atoms with Crippen LogP contribution in [0, 0.1) is 6.92 Å². The average molecular weight is 383 g/mol. The van der Waals surface area contributed by atoms with Gasteiger partial charge in [0.05, 0.1) is 5.52 Å². The number of hydrogen-bond donors (Lipinski definition) is 1. The van der Waals surface area contributed by atoms with Crippen molar-refractivity contribution >= 4 is 21.7 Å². The van der Waals surface area contributed by atoms with E-state index in [1.807, 2.05) is 0 Å². The Hall–Kier alpha value is -2.75. The summed E-state index contributed by atoms with van der Waals surface area (Å²) in [4.78, 5) is 4.78. The first-order valence-corrected chi connectivity index (χ1v) is 10.5. The number of benzene rings is 3. The number of hydrogen-bond acceptors (Lipinski definition) is 3. The molecule has 0 bridgehead atoms. The average Bonchev–Trinajstić information content (AvgIpc) is 2.77. The lowest BCUT2D eigenvalue weighted by Crippen LogP contribution is -2.34. The Balaban J connectivity index is 1.52. The van der Waals surface area contributed by atoms with Crippen LogP contribution in [0.25, 0.3) is 32.8 Å². The zero-order valence-electron chi connectivity index (χ0n) is 16.8. The fraction of sp³-hybridized carbons (Fsp3) is 0.269. The molecule has 0 unspecified atom stereocenters. The molecule has 3 aromatic carbocycles. The molecule has 0 saturated carbocycles. The number of fused-ring (bicyclic) bond motifs is 2. The van der Waals surface area contributed by atoms with Gasteiger partial charge >= 0.3 is 0 Å². The molecule has 1 saturated heterocycles. The molecule has 1 aliphatic heterocycles. The van der Waals surface area contributed by atoms with Gasteiger partial charge in [-0.2, -0.15) is 0 Å². The number of nitrogens with zero attached hydrogens (tertiary/aromatic N) is 1. The third-order valence-corrected chi connectivity index (χ3v) is 5.88. The second kappa shape index (κ2) is 7.94. The molecule has 0 atom stereocenters. The van der Waals surface area contributed by atoms with E-state index in [0.29, 0.717) is 6.04 Å². The quantitative estimate of drug-likeness (QED) is 0.496. The van der Waals surface area contributed by atoms with Gasteiger partial charge in [0.15, 0.2) is 0 Å². The highest BCUT2D eigenvalue weighted by molar-refractivity contribution is 5.97. The summed E-state index contributed by atoms with van der Waals surface area (Å²) >= 11 is 0. The van der Waals surface area contributed by atoms with E-state index in [-0.39, 0.29) is 0 Å². The van der Waals surface area contributed by atoms with Crippen LogP contribution in [-0.4, -0.2) is 24.2 Å². The van der Waals surface area contributed by atoms with Gasteiger partial charge in [-0.1, -0.05) is 42.5 Å². The predicted octanol–water partition coefficient (Wildman–Crippen LogP) is 5.63. The minimum Gasteiger partial charge on any atom is -0.381 e. The number of pyridine rings is 1. The van der Waals surface area contributed by atoms with Crippen LogP contribution in [0.2, 0.25) is 0 Å². The molecule has 0 amide bonds. The molecule has 3 nitrogen and oxygen atoms in total. The fourth-order valence-corrected chi connectivity index (χ4v) is 4.27. The largest absolute Gasteiger partial charge is 0.381 e. The summed E-state index contributed by atoms with van der Waals surface area (Å²) in [6.07, 6.45) is 2.19. The van der Waals surface area contributed by atoms with Gasteiger partial charge in [0.2, 0.25) is 0 Å². The summed E-state index contributed by atoms with van der Waals surface area (Å²) in [6.45, 7) is 4.69. The lowest BCUT2D eigenvalue weighted by atomic mass is 9.96. The van der Waals surface area contributed by atoms with Gasteiger partial charge in [-0.25, -0.2) is 0 Å². The number of aromatic nitrogens is 1. The van der Waals surface area contributed by atoms with E-state index in [1.165, 1.54) is 32.8 Å². The van der Waals surface area contributed by atoms with Crippen LogP contribution in [0.5, 0.6) is 0 Å². The second-order valence-electron chi connectivity index (χ2n) is 7.99. The maximum atomic E-state index is 5.47. The van der Waals surface area contributed by atoms with Gasteiger partial charge in [0.1, 0.15) is 0 Å². The van der Waals surface area contributed by atoms with Crippen molar-refractivity contribution in [2.45, 2.75) is 32.4 Å². The van der Waals surface area contributed by atoms with E-state index in [1.54, 1.807) is 0 Å². The fourth-order valence-electron chi connectivity index (χ4n) is 4.27. The predicted molar refractivity (Wildman–Crippen MR) is 120 cm³/mol. The maximum absolute atomic E-state index is 5.47. The second-order valence-corrected chi connectivity index (χ2v) is 7.99. The standard InChI is InChI=1S/C26H26N2O/c1-18-14-24(22-8-7-20-4-2-3-5-21(20)16-22)25-15-19(6-9-26(25)28-18)17-27-23-10-12-29-13-11-23/h2-9,14-16,23,27H,10-13,17H2,1H3. The van der Waals surface area contributed by atoms with Crippen molar-refractivity contribution in [3.05, 3.63) is 78.0 Å². The molecule has 3 heteroatoms. The summed E-state index contributed by atoms with van der Waals surface area (Å²) in [7, 11) is 0. The molecule has 29 heavy (non-hydrogen) atoms. The minimum atomic E-state index is 0.551. The normalized spacial score (nSPS) is 15.2. The molecule has 0 aliphatic carbocycles. The van der Waals surface area contributed by atoms with Crippen LogP contribution in [0.3, 0.4) is 0 Å². The number of nitrogens with one attached hydrogen (secondary N) is 1. The van der Waals surface area contributed by atoms with Crippen molar-refractivity contribution < 1.29 is 4.74 Å². The highest BCUT2D eigenvalue weighted by Gasteiger charge is 2.13. The molecular formula is C26H26N2O. The Morgan fingerprint density at radius 2 is 1.76 bits per heavy atom. The molecule has 1 aromatic heterocycles. The lowest BCUT2D eigenvalue weighted by Gasteiger charge is -2.23. The first kappa shape index (κ1) is 18.3. The topological polar surface area (TPSA) is 34.1 Å². The van der Waals surface area contributed by atoms with Gasteiger partial charge in [-0.05, 0) is 71.5 Å². The minimum absolute atomic E-state index is 0.551. The Kier molecular flexibility index (Phi) is 5.01. The third-order valence-electron chi connectivity index (χ3n) is 5.88. The van der Waals surface area contributed by atoms with Gasteiger partial charge in [-0.15, -0.1) is 0 Å². The molecule has 146 valence electrons. The van der Waals surface area contributed by atoms with Crippen LogP contribution >= 0.6 is 0 Å². The van der Waals surface area contributed by atoms with E-state index >= 15 is 0 Å². The molecule has 2 heterocycles. The van der Waals surface area contributed by atoms with Crippen molar-refractivity contribution in [1.29, 1.82) is 0 Å². The first-order chi connectivity index (χ1) is 14.3. The van der Waals surface area contributed by atoms with Gasteiger partial charge < -0.3 is 10.1 Å². The van der Waals surface area contributed by atoms with Crippen LogP contribution in [0.15, 0.2) is 66.7 Å². The van der Waals surface area contributed by atoms with Gasteiger partial charge in [0, 0.05) is 36.9 Å². The highest BCUT2D eigenvalue weighted by Crippen LogP contribution is 2.31. The molecule has 1 N–H and O–H groups in total.